The van der Waals surface area contributed by atoms with Crippen molar-refractivity contribution in [3.63, 3.8) is 0 Å². The van der Waals surface area contributed by atoms with Crippen molar-refractivity contribution in [2.24, 2.45) is 5.92 Å². The van der Waals surface area contributed by atoms with Crippen LogP contribution in [-0.4, -0.2) is 48.3 Å². The number of amides is 3. The van der Waals surface area contributed by atoms with Gasteiger partial charge in [0.05, 0.1) is 0 Å². The molecule has 0 aromatic heterocycles. The Bertz CT molecular complexity index is 655. The molecule has 2 rings (SSSR count). The van der Waals surface area contributed by atoms with E-state index >= 15 is 0 Å². The molecule has 1 aromatic rings. The van der Waals surface area contributed by atoms with Gasteiger partial charge in [0.15, 0.2) is 0 Å². The van der Waals surface area contributed by atoms with Crippen LogP contribution >= 0.6 is 11.6 Å². The van der Waals surface area contributed by atoms with Crippen molar-refractivity contribution < 1.29 is 14.4 Å². The van der Waals surface area contributed by atoms with Crippen LogP contribution in [0.3, 0.4) is 0 Å². The van der Waals surface area contributed by atoms with Crippen LogP contribution in [0.2, 0.25) is 5.02 Å². The maximum atomic E-state index is 12.5. The number of hydrogen-bond acceptors (Lipinski definition) is 3. The fourth-order valence-electron chi connectivity index (χ4n) is 3.06. The van der Waals surface area contributed by atoms with Crippen LogP contribution in [0, 0.1) is 5.92 Å². The lowest BCUT2D eigenvalue weighted by Gasteiger charge is -2.27. The predicted octanol–water partition coefficient (Wildman–Crippen LogP) is 2.61. The number of hydrogen-bond donors (Lipinski definition) is 2. The summed E-state index contributed by atoms with van der Waals surface area (Å²) in [4.78, 5) is 38.9. The quantitative estimate of drug-likeness (QED) is 0.747. The Kier molecular flexibility index (Phi) is 8.10. The Morgan fingerprint density at radius 3 is 2.30 bits per heavy atom. The summed E-state index contributed by atoms with van der Waals surface area (Å²) in [6.45, 7) is 5.61. The summed E-state index contributed by atoms with van der Waals surface area (Å²) in [5.74, 6) is -0.621. The Morgan fingerprint density at radius 2 is 1.70 bits per heavy atom. The van der Waals surface area contributed by atoms with E-state index in [2.05, 4.69) is 10.6 Å². The first-order chi connectivity index (χ1) is 12.9. The molecule has 7 heteroatoms. The van der Waals surface area contributed by atoms with E-state index in [9.17, 15) is 14.4 Å². The summed E-state index contributed by atoms with van der Waals surface area (Å²) in [5, 5.41) is 6.09. The van der Waals surface area contributed by atoms with Gasteiger partial charge in [0.25, 0.3) is 5.91 Å². The number of rotatable bonds is 7. The zero-order valence-electron chi connectivity index (χ0n) is 16.0. The molecule has 6 nitrogen and oxygen atoms in total. The summed E-state index contributed by atoms with van der Waals surface area (Å²) >= 11 is 5.84. The third-order valence-corrected chi connectivity index (χ3v) is 4.94. The first-order valence-corrected chi connectivity index (χ1v) is 9.88. The lowest BCUT2D eigenvalue weighted by molar-refractivity contribution is -0.132. The van der Waals surface area contributed by atoms with Gasteiger partial charge < -0.3 is 15.5 Å². The molecular formula is C20H28ClN3O3. The van der Waals surface area contributed by atoms with E-state index in [1.807, 2.05) is 18.7 Å². The van der Waals surface area contributed by atoms with Crippen molar-refractivity contribution in [2.45, 2.75) is 45.6 Å². The molecule has 1 aliphatic heterocycles. The number of nitrogens with zero attached hydrogens (tertiary/aromatic N) is 1. The third-order valence-electron chi connectivity index (χ3n) is 4.69. The van der Waals surface area contributed by atoms with Gasteiger partial charge in [0.2, 0.25) is 11.8 Å². The van der Waals surface area contributed by atoms with E-state index in [1.54, 1.807) is 24.3 Å². The molecule has 1 aromatic carbocycles. The summed E-state index contributed by atoms with van der Waals surface area (Å²) in [7, 11) is 0. The summed E-state index contributed by atoms with van der Waals surface area (Å²) < 4.78 is 0. The van der Waals surface area contributed by atoms with Crippen LogP contribution in [0.5, 0.6) is 0 Å². The average Bonchev–Trinajstić information content (AvgIpc) is 2.66. The molecule has 1 atom stereocenters. The van der Waals surface area contributed by atoms with Gasteiger partial charge in [-0.25, -0.2) is 0 Å². The van der Waals surface area contributed by atoms with Crippen molar-refractivity contribution in [3.05, 3.63) is 34.9 Å². The first kappa shape index (κ1) is 21.2. The monoisotopic (exact) mass is 393 g/mol. The van der Waals surface area contributed by atoms with Crippen LogP contribution in [0.4, 0.5) is 0 Å². The smallest absolute Gasteiger partial charge is 0.251 e. The molecule has 27 heavy (non-hydrogen) atoms. The second-order valence-corrected chi connectivity index (χ2v) is 7.62. The van der Waals surface area contributed by atoms with Gasteiger partial charge in [0.1, 0.15) is 6.04 Å². The van der Waals surface area contributed by atoms with Gasteiger partial charge in [-0.15, -0.1) is 0 Å². The zero-order valence-corrected chi connectivity index (χ0v) is 16.7. The van der Waals surface area contributed by atoms with Gasteiger partial charge in [0, 0.05) is 36.6 Å². The molecule has 0 saturated carbocycles. The summed E-state index contributed by atoms with van der Waals surface area (Å²) in [6.07, 6.45) is 3.54. The lowest BCUT2D eigenvalue weighted by Crippen LogP contribution is -2.50. The minimum atomic E-state index is -0.668. The van der Waals surface area contributed by atoms with Crippen molar-refractivity contribution >= 4 is 29.3 Å². The molecule has 0 bridgehead atoms. The first-order valence-electron chi connectivity index (χ1n) is 9.50. The van der Waals surface area contributed by atoms with Crippen molar-refractivity contribution in [3.8, 4) is 0 Å². The fraction of sp³-hybridized carbons (Fsp3) is 0.550. The molecule has 1 aliphatic rings. The van der Waals surface area contributed by atoms with Crippen LogP contribution < -0.4 is 10.6 Å². The molecular weight excluding hydrogens is 366 g/mol. The highest BCUT2D eigenvalue weighted by Crippen LogP contribution is 2.11. The number of carbonyl (C=O) groups is 3. The average molecular weight is 394 g/mol. The van der Waals surface area contributed by atoms with Gasteiger partial charge in [-0.1, -0.05) is 25.4 Å². The van der Waals surface area contributed by atoms with Gasteiger partial charge in [-0.05, 0) is 49.4 Å². The fourth-order valence-corrected chi connectivity index (χ4v) is 3.19. The second kappa shape index (κ2) is 10.3. The SMILES string of the molecule is CC(C)C(NC(=O)c1ccc(Cl)cc1)C(=O)NCCC(=O)N1CCCCC1. The van der Waals surface area contributed by atoms with Crippen molar-refractivity contribution in [2.75, 3.05) is 19.6 Å². The third kappa shape index (κ3) is 6.54. The molecule has 1 fully saturated rings. The Hall–Kier alpha value is -2.08. The Labute approximate surface area is 165 Å². The normalized spacial score (nSPS) is 15.3. The lowest BCUT2D eigenvalue weighted by atomic mass is 10.0. The van der Waals surface area contributed by atoms with E-state index in [0.29, 0.717) is 10.6 Å². The van der Waals surface area contributed by atoms with Crippen LogP contribution in [0.15, 0.2) is 24.3 Å². The minimum Gasteiger partial charge on any atom is -0.354 e. The molecule has 2 N–H and O–H groups in total. The molecule has 1 saturated heterocycles. The molecule has 0 radical (unpaired) electrons. The topological polar surface area (TPSA) is 78.5 Å². The summed E-state index contributed by atoms with van der Waals surface area (Å²) in [6, 6.07) is 5.83. The van der Waals surface area contributed by atoms with Gasteiger partial charge in [-0.2, -0.15) is 0 Å². The highest BCUT2D eigenvalue weighted by Gasteiger charge is 2.25. The summed E-state index contributed by atoms with van der Waals surface area (Å²) in [5.41, 5.74) is 0.443. The number of carbonyl (C=O) groups excluding carboxylic acids is 3. The highest BCUT2D eigenvalue weighted by molar-refractivity contribution is 6.30. The molecule has 3 amide bonds. The van der Waals surface area contributed by atoms with E-state index in [4.69, 9.17) is 11.6 Å². The zero-order chi connectivity index (χ0) is 19.8. The van der Waals surface area contributed by atoms with Crippen molar-refractivity contribution in [1.29, 1.82) is 0 Å². The van der Waals surface area contributed by atoms with E-state index in [-0.39, 0.29) is 36.6 Å². The molecule has 0 aliphatic carbocycles. The van der Waals surface area contributed by atoms with Crippen molar-refractivity contribution in [1.82, 2.24) is 15.5 Å². The Balaban J connectivity index is 1.84. The molecule has 1 heterocycles. The van der Waals surface area contributed by atoms with Gasteiger partial charge in [-0.3, -0.25) is 14.4 Å². The molecule has 1 unspecified atom stereocenters. The number of halogens is 1. The standard InChI is InChI=1S/C20H28ClN3O3/c1-14(2)18(23-19(26)15-6-8-16(21)9-7-15)20(27)22-11-10-17(25)24-12-4-3-5-13-24/h6-9,14,18H,3-5,10-13H2,1-2H3,(H,22,27)(H,23,26). The molecule has 0 spiro atoms. The number of piperidine rings is 1. The van der Waals surface area contributed by atoms with Crippen LogP contribution in [0.25, 0.3) is 0 Å². The van der Waals surface area contributed by atoms with E-state index in [0.717, 1.165) is 25.9 Å². The highest BCUT2D eigenvalue weighted by atomic mass is 35.5. The maximum Gasteiger partial charge on any atom is 0.251 e. The minimum absolute atomic E-state index is 0.0706. The van der Waals surface area contributed by atoms with Crippen LogP contribution in [0.1, 0.15) is 49.9 Å². The Morgan fingerprint density at radius 1 is 1.07 bits per heavy atom. The van der Waals surface area contributed by atoms with E-state index in [1.165, 1.54) is 6.42 Å². The molecule has 148 valence electrons. The number of nitrogens with one attached hydrogen (secondary N) is 2. The van der Waals surface area contributed by atoms with Gasteiger partial charge >= 0.3 is 0 Å². The van der Waals surface area contributed by atoms with Crippen LogP contribution in [-0.2, 0) is 9.59 Å². The number of likely N-dealkylation sites (tertiary alicyclic amines) is 1. The second-order valence-electron chi connectivity index (χ2n) is 7.18. The predicted molar refractivity (Wildman–Crippen MR) is 106 cm³/mol. The number of benzene rings is 1. The largest absolute Gasteiger partial charge is 0.354 e. The maximum absolute atomic E-state index is 12.5. The van der Waals surface area contributed by atoms with E-state index < -0.39 is 6.04 Å².